The molecule has 0 radical (unpaired) electrons. The van der Waals surface area contributed by atoms with E-state index in [1.807, 2.05) is 30.3 Å². The van der Waals surface area contributed by atoms with Crippen LogP contribution in [0.1, 0.15) is 0 Å². The summed E-state index contributed by atoms with van der Waals surface area (Å²) in [5.74, 6) is 0. The summed E-state index contributed by atoms with van der Waals surface area (Å²) >= 11 is 0. The van der Waals surface area contributed by atoms with Gasteiger partial charge < -0.3 is 15.2 Å². The van der Waals surface area contributed by atoms with E-state index in [1.165, 1.54) is 5.69 Å². The summed E-state index contributed by atoms with van der Waals surface area (Å²) in [6.07, 6.45) is 0. The number of benzene rings is 1. The lowest BCUT2D eigenvalue weighted by Gasteiger charge is -2.04. The third kappa shape index (κ3) is 4.62. The number of quaternary nitrogens is 1. The van der Waals surface area contributed by atoms with E-state index in [1.54, 1.807) is 0 Å². The number of hydrogen-bond donors (Lipinski definition) is 1. The lowest BCUT2D eigenvalue weighted by molar-refractivity contribution is -0.574. The monoisotopic (exact) mass is 181 g/mol. The Balaban J connectivity index is 2.07. The van der Waals surface area contributed by atoms with Gasteiger partial charge in [0.25, 0.3) is 0 Å². The zero-order valence-electron chi connectivity index (χ0n) is 7.61. The summed E-state index contributed by atoms with van der Waals surface area (Å²) in [7, 11) is 0. The fraction of sp³-hybridized carbons (Fsp3) is 0.400. The maximum Gasteiger partial charge on any atom is 0.129 e. The first kappa shape index (κ1) is 10.2. The Morgan fingerprint density at radius 1 is 1.15 bits per heavy atom. The average molecular weight is 181 g/mol. The van der Waals surface area contributed by atoms with Gasteiger partial charge in [-0.05, 0) is 12.1 Å². The minimum Gasteiger partial charge on any atom is -0.853 e. The molecule has 0 aliphatic carbocycles. The van der Waals surface area contributed by atoms with E-state index in [-0.39, 0.29) is 6.61 Å². The van der Waals surface area contributed by atoms with E-state index in [0.29, 0.717) is 13.2 Å². The van der Waals surface area contributed by atoms with E-state index in [4.69, 9.17) is 4.74 Å². The van der Waals surface area contributed by atoms with E-state index < -0.39 is 0 Å². The van der Waals surface area contributed by atoms with Gasteiger partial charge in [-0.1, -0.05) is 18.2 Å². The Kier molecular flexibility index (Phi) is 5.17. The van der Waals surface area contributed by atoms with E-state index in [2.05, 4.69) is 5.32 Å². The van der Waals surface area contributed by atoms with Crippen LogP contribution in [-0.2, 0) is 4.74 Å². The molecular formula is C10H15NO2. The predicted octanol–water partition coefficient (Wildman–Crippen LogP) is -0.742. The van der Waals surface area contributed by atoms with Gasteiger partial charge in [0.2, 0.25) is 0 Å². The Morgan fingerprint density at radius 3 is 2.62 bits per heavy atom. The molecule has 0 heterocycles. The molecule has 0 aromatic heterocycles. The molecule has 0 aliphatic heterocycles. The molecule has 72 valence electrons. The van der Waals surface area contributed by atoms with Crippen LogP contribution in [0.25, 0.3) is 0 Å². The van der Waals surface area contributed by atoms with Gasteiger partial charge in [-0.2, -0.15) is 0 Å². The minimum atomic E-state index is -0.147. The van der Waals surface area contributed by atoms with Gasteiger partial charge in [-0.15, -0.1) is 6.61 Å². The highest BCUT2D eigenvalue weighted by Gasteiger charge is 1.93. The summed E-state index contributed by atoms with van der Waals surface area (Å²) in [6, 6.07) is 10.1. The molecule has 0 saturated carbocycles. The first-order valence-corrected chi connectivity index (χ1v) is 4.47. The van der Waals surface area contributed by atoms with E-state index >= 15 is 0 Å². The quantitative estimate of drug-likeness (QED) is 0.464. The van der Waals surface area contributed by atoms with Crippen LogP contribution in [0, 0.1) is 0 Å². The second kappa shape index (κ2) is 6.60. The average Bonchev–Trinajstić information content (AvgIpc) is 2.19. The smallest absolute Gasteiger partial charge is 0.129 e. The molecular weight excluding hydrogens is 166 g/mol. The van der Waals surface area contributed by atoms with Gasteiger partial charge in [-0.25, -0.2) is 0 Å². The van der Waals surface area contributed by atoms with Crippen LogP contribution in [-0.4, -0.2) is 26.4 Å². The molecule has 0 spiro atoms. The standard InChI is InChI=1S/C10H14NO2/c12-7-9-13-8-6-11-10-4-2-1-3-5-10/h1-5,11H,6-9H2/q-1/p+1. The fourth-order valence-electron chi connectivity index (χ4n) is 1.06. The van der Waals surface area contributed by atoms with Crippen LogP contribution in [0.4, 0.5) is 5.69 Å². The molecule has 1 aromatic carbocycles. The van der Waals surface area contributed by atoms with Crippen molar-refractivity contribution in [1.82, 2.24) is 0 Å². The summed E-state index contributed by atoms with van der Waals surface area (Å²) in [5, 5.41) is 12.1. The third-order valence-electron chi connectivity index (χ3n) is 1.67. The zero-order chi connectivity index (χ0) is 9.36. The normalized spacial score (nSPS) is 10.2. The summed E-state index contributed by atoms with van der Waals surface area (Å²) in [6.45, 7) is 1.68. The van der Waals surface area contributed by atoms with Crippen molar-refractivity contribution in [3.8, 4) is 0 Å². The summed E-state index contributed by atoms with van der Waals surface area (Å²) in [5.41, 5.74) is 1.20. The number of para-hydroxylation sites is 1. The highest BCUT2D eigenvalue weighted by molar-refractivity contribution is 5.26. The molecule has 1 aromatic rings. The Bertz CT molecular complexity index is 213. The maximum atomic E-state index is 10.0. The van der Waals surface area contributed by atoms with Gasteiger partial charge in [-0.3, -0.25) is 0 Å². The van der Waals surface area contributed by atoms with Gasteiger partial charge in [0, 0.05) is 6.61 Å². The van der Waals surface area contributed by atoms with Crippen LogP contribution in [0.5, 0.6) is 0 Å². The highest BCUT2D eigenvalue weighted by Crippen LogP contribution is 1.95. The van der Waals surface area contributed by atoms with Crippen LogP contribution in [0.3, 0.4) is 0 Å². The topological polar surface area (TPSA) is 48.9 Å². The van der Waals surface area contributed by atoms with Gasteiger partial charge in [0.1, 0.15) is 12.2 Å². The number of rotatable bonds is 6. The Labute approximate surface area is 78.3 Å². The molecule has 3 nitrogen and oxygen atoms in total. The van der Waals surface area contributed by atoms with Crippen molar-refractivity contribution < 1.29 is 15.2 Å². The van der Waals surface area contributed by atoms with Crippen molar-refractivity contribution in [3.05, 3.63) is 30.3 Å². The Morgan fingerprint density at radius 2 is 1.92 bits per heavy atom. The maximum absolute atomic E-state index is 10.0. The second-order valence-electron chi connectivity index (χ2n) is 2.72. The third-order valence-corrected chi connectivity index (χ3v) is 1.67. The first-order chi connectivity index (χ1) is 6.43. The molecule has 13 heavy (non-hydrogen) atoms. The predicted molar refractivity (Wildman–Crippen MR) is 48.6 cm³/mol. The van der Waals surface area contributed by atoms with E-state index in [9.17, 15) is 5.11 Å². The van der Waals surface area contributed by atoms with Crippen molar-refractivity contribution in [2.24, 2.45) is 0 Å². The molecule has 1 rings (SSSR count). The van der Waals surface area contributed by atoms with Gasteiger partial charge in [0.15, 0.2) is 0 Å². The van der Waals surface area contributed by atoms with Crippen LogP contribution < -0.4 is 10.4 Å². The van der Waals surface area contributed by atoms with Crippen molar-refractivity contribution in [2.45, 2.75) is 0 Å². The minimum absolute atomic E-state index is 0.147. The van der Waals surface area contributed by atoms with Crippen molar-refractivity contribution >= 4 is 5.69 Å². The van der Waals surface area contributed by atoms with Crippen LogP contribution >= 0.6 is 0 Å². The molecule has 3 heteroatoms. The fourth-order valence-corrected chi connectivity index (χ4v) is 1.06. The molecule has 0 amide bonds. The molecule has 0 fully saturated rings. The van der Waals surface area contributed by atoms with E-state index in [0.717, 1.165) is 6.54 Å². The zero-order valence-corrected chi connectivity index (χ0v) is 7.61. The van der Waals surface area contributed by atoms with Gasteiger partial charge in [0.05, 0.1) is 6.61 Å². The second-order valence-corrected chi connectivity index (χ2v) is 2.72. The largest absolute Gasteiger partial charge is 0.853 e. The summed E-state index contributed by atoms with van der Waals surface area (Å²) in [4.78, 5) is 0. The molecule has 0 bridgehead atoms. The van der Waals surface area contributed by atoms with Crippen LogP contribution in [0.2, 0.25) is 0 Å². The first-order valence-electron chi connectivity index (χ1n) is 4.47. The van der Waals surface area contributed by atoms with Crippen LogP contribution in [0.15, 0.2) is 30.3 Å². The number of ether oxygens (including phenoxy) is 1. The number of nitrogens with two attached hydrogens (primary N) is 1. The molecule has 0 saturated heterocycles. The molecule has 0 unspecified atom stereocenters. The lowest BCUT2D eigenvalue weighted by atomic mass is 10.3. The van der Waals surface area contributed by atoms with Gasteiger partial charge >= 0.3 is 0 Å². The summed E-state index contributed by atoms with van der Waals surface area (Å²) < 4.78 is 5.06. The van der Waals surface area contributed by atoms with Crippen molar-refractivity contribution in [3.63, 3.8) is 0 Å². The SMILES string of the molecule is [O-]CCOCC[NH2+]c1ccccc1. The highest BCUT2D eigenvalue weighted by atomic mass is 16.5. The molecule has 2 N–H and O–H groups in total. The lowest BCUT2D eigenvalue weighted by Crippen LogP contribution is -2.79. The number of hydrogen-bond acceptors (Lipinski definition) is 2. The van der Waals surface area contributed by atoms with Crippen molar-refractivity contribution in [1.29, 1.82) is 0 Å². The molecule has 0 atom stereocenters. The molecule has 0 aliphatic rings. The Hall–Kier alpha value is -0.900. The van der Waals surface area contributed by atoms with Crippen molar-refractivity contribution in [2.75, 3.05) is 26.4 Å².